The molecule has 16 heavy (non-hydrogen) atoms. The minimum Gasteiger partial charge on any atom is -0.409 e. The second kappa shape index (κ2) is 4.75. The molecule has 1 aromatic rings. The van der Waals surface area contributed by atoms with Gasteiger partial charge in [0.1, 0.15) is 11.9 Å². The maximum atomic E-state index is 8.58. The zero-order valence-corrected chi connectivity index (χ0v) is 8.65. The third kappa shape index (κ3) is 2.19. The van der Waals surface area contributed by atoms with Crippen LogP contribution in [0.3, 0.4) is 0 Å². The lowest BCUT2D eigenvalue weighted by molar-refractivity contribution is 0.0804. The SMILES string of the molecule is NC(=NO)C1CN(c2cnccn2)CCO1. The van der Waals surface area contributed by atoms with Gasteiger partial charge >= 0.3 is 0 Å². The zero-order valence-electron chi connectivity index (χ0n) is 8.65. The molecule has 1 aliphatic heterocycles. The van der Waals surface area contributed by atoms with Crippen molar-refractivity contribution in [2.75, 3.05) is 24.6 Å². The van der Waals surface area contributed by atoms with E-state index in [-0.39, 0.29) is 5.84 Å². The lowest BCUT2D eigenvalue weighted by Gasteiger charge is -2.32. The first-order chi connectivity index (χ1) is 7.81. The van der Waals surface area contributed by atoms with Crippen molar-refractivity contribution < 1.29 is 9.94 Å². The van der Waals surface area contributed by atoms with E-state index in [9.17, 15) is 0 Å². The second-order valence-corrected chi connectivity index (χ2v) is 3.39. The van der Waals surface area contributed by atoms with Crippen molar-refractivity contribution in [1.82, 2.24) is 9.97 Å². The van der Waals surface area contributed by atoms with Gasteiger partial charge in [-0.3, -0.25) is 4.98 Å². The van der Waals surface area contributed by atoms with Gasteiger partial charge in [0.05, 0.1) is 19.3 Å². The van der Waals surface area contributed by atoms with Crippen LogP contribution in [-0.2, 0) is 4.74 Å². The van der Waals surface area contributed by atoms with Gasteiger partial charge in [0.25, 0.3) is 0 Å². The Kier molecular flexibility index (Phi) is 3.16. The van der Waals surface area contributed by atoms with Crippen LogP contribution >= 0.6 is 0 Å². The van der Waals surface area contributed by atoms with Gasteiger partial charge in [0.15, 0.2) is 5.84 Å². The van der Waals surface area contributed by atoms with Crippen molar-refractivity contribution in [3.63, 3.8) is 0 Å². The van der Waals surface area contributed by atoms with Gasteiger partial charge in [-0.15, -0.1) is 0 Å². The Morgan fingerprint density at radius 1 is 1.62 bits per heavy atom. The molecule has 1 aromatic heterocycles. The molecule has 0 spiro atoms. The van der Waals surface area contributed by atoms with Crippen molar-refractivity contribution >= 4 is 11.7 Å². The first-order valence-corrected chi connectivity index (χ1v) is 4.91. The molecule has 3 N–H and O–H groups in total. The van der Waals surface area contributed by atoms with Crippen molar-refractivity contribution in [2.45, 2.75) is 6.10 Å². The number of aromatic nitrogens is 2. The normalized spacial score (nSPS) is 22.1. The molecule has 0 aliphatic carbocycles. The maximum Gasteiger partial charge on any atom is 0.170 e. The minimum absolute atomic E-state index is 0.0774. The van der Waals surface area contributed by atoms with Gasteiger partial charge in [-0.25, -0.2) is 4.98 Å². The molecule has 2 heterocycles. The highest BCUT2D eigenvalue weighted by atomic mass is 16.5. The standard InChI is InChI=1S/C9H13N5O2/c10-9(13-15)7-6-14(3-4-16-7)8-5-11-1-2-12-8/h1-2,5,7,15H,3-4,6H2,(H2,10,13). The second-order valence-electron chi connectivity index (χ2n) is 3.39. The fourth-order valence-corrected chi connectivity index (χ4v) is 1.56. The summed E-state index contributed by atoms with van der Waals surface area (Å²) in [4.78, 5) is 10.2. The fourth-order valence-electron chi connectivity index (χ4n) is 1.56. The largest absolute Gasteiger partial charge is 0.409 e. The van der Waals surface area contributed by atoms with Gasteiger partial charge in [-0.1, -0.05) is 5.16 Å². The van der Waals surface area contributed by atoms with Crippen LogP contribution in [0.15, 0.2) is 23.7 Å². The first kappa shape index (κ1) is 10.6. The highest BCUT2D eigenvalue weighted by Crippen LogP contribution is 2.13. The number of nitrogens with two attached hydrogens (primary N) is 1. The molecule has 1 unspecified atom stereocenters. The number of rotatable bonds is 2. The number of hydrogen-bond donors (Lipinski definition) is 2. The number of anilines is 1. The summed E-state index contributed by atoms with van der Waals surface area (Å²) in [6.45, 7) is 1.74. The number of hydrogen-bond acceptors (Lipinski definition) is 6. The molecule has 0 saturated carbocycles. The lowest BCUT2D eigenvalue weighted by atomic mass is 10.2. The van der Waals surface area contributed by atoms with E-state index in [1.54, 1.807) is 18.6 Å². The monoisotopic (exact) mass is 223 g/mol. The Labute approximate surface area is 92.5 Å². The highest BCUT2D eigenvalue weighted by Gasteiger charge is 2.24. The summed E-state index contributed by atoms with van der Waals surface area (Å²) in [7, 11) is 0. The van der Waals surface area contributed by atoms with Crippen molar-refractivity contribution in [1.29, 1.82) is 0 Å². The lowest BCUT2D eigenvalue weighted by Crippen LogP contribution is -2.48. The predicted molar refractivity (Wildman–Crippen MR) is 57.4 cm³/mol. The molecule has 1 fully saturated rings. The van der Waals surface area contributed by atoms with Gasteiger partial charge in [-0.2, -0.15) is 0 Å². The summed E-state index contributed by atoms with van der Waals surface area (Å²) < 4.78 is 5.38. The third-order valence-corrected chi connectivity index (χ3v) is 2.39. The minimum atomic E-state index is -0.402. The third-order valence-electron chi connectivity index (χ3n) is 2.39. The molecule has 86 valence electrons. The molecule has 0 bridgehead atoms. The van der Waals surface area contributed by atoms with Crippen LogP contribution in [-0.4, -0.2) is 46.8 Å². The summed E-state index contributed by atoms with van der Waals surface area (Å²) in [5.74, 6) is 0.843. The van der Waals surface area contributed by atoms with Gasteiger partial charge in [0.2, 0.25) is 0 Å². The molecule has 0 radical (unpaired) electrons. The van der Waals surface area contributed by atoms with Crippen molar-refractivity contribution in [2.24, 2.45) is 10.9 Å². The summed E-state index contributed by atoms with van der Waals surface area (Å²) in [6, 6.07) is 0. The molecule has 1 atom stereocenters. The van der Waals surface area contributed by atoms with Crippen LogP contribution in [0.25, 0.3) is 0 Å². The number of morpholine rings is 1. The van der Waals surface area contributed by atoms with E-state index < -0.39 is 6.10 Å². The van der Waals surface area contributed by atoms with Crippen LogP contribution in [0.2, 0.25) is 0 Å². The molecule has 0 aromatic carbocycles. The Bertz CT molecular complexity index is 369. The topological polar surface area (TPSA) is 96.9 Å². The molecular weight excluding hydrogens is 210 g/mol. The van der Waals surface area contributed by atoms with Crippen molar-refractivity contribution in [3.05, 3.63) is 18.6 Å². The average molecular weight is 223 g/mol. The smallest absolute Gasteiger partial charge is 0.170 e. The molecular formula is C9H13N5O2. The van der Waals surface area contributed by atoms with Gasteiger partial charge < -0.3 is 20.6 Å². The zero-order chi connectivity index (χ0) is 11.4. The van der Waals surface area contributed by atoms with E-state index in [0.717, 1.165) is 5.82 Å². The molecule has 0 amide bonds. The van der Waals surface area contributed by atoms with E-state index in [0.29, 0.717) is 19.7 Å². The highest BCUT2D eigenvalue weighted by molar-refractivity contribution is 5.85. The maximum absolute atomic E-state index is 8.58. The van der Waals surface area contributed by atoms with Crippen LogP contribution in [0.4, 0.5) is 5.82 Å². The van der Waals surface area contributed by atoms with E-state index >= 15 is 0 Å². The number of nitrogens with zero attached hydrogens (tertiary/aromatic N) is 4. The Morgan fingerprint density at radius 3 is 3.19 bits per heavy atom. The molecule has 2 rings (SSSR count). The molecule has 1 saturated heterocycles. The van der Waals surface area contributed by atoms with E-state index in [1.165, 1.54) is 0 Å². The van der Waals surface area contributed by atoms with E-state index in [1.807, 2.05) is 4.90 Å². The van der Waals surface area contributed by atoms with E-state index in [2.05, 4.69) is 15.1 Å². The number of amidine groups is 1. The fraction of sp³-hybridized carbons (Fsp3) is 0.444. The van der Waals surface area contributed by atoms with Gasteiger partial charge in [-0.05, 0) is 0 Å². The van der Waals surface area contributed by atoms with Crippen LogP contribution in [0, 0.1) is 0 Å². The summed E-state index contributed by atoms with van der Waals surface area (Å²) in [5, 5.41) is 11.5. The van der Waals surface area contributed by atoms with Crippen LogP contribution in [0.1, 0.15) is 0 Å². The summed E-state index contributed by atoms with van der Waals surface area (Å²) in [6.07, 6.45) is 4.52. The number of oxime groups is 1. The number of ether oxygens (including phenoxy) is 1. The Morgan fingerprint density at radius 2 is 2.50 bits per heavy atom. The molecule has 7 nitrogen and oxygen atoms in total. The molecule has 1 aliphatic rings. The van der Waals surface area contributed by atoms with Gasteiger partial charge in [0, 0.05) is 18.9 Å². The van der Waals surface area contributed by atoms with Crippen LogP contribution < -0.4 is 10.6 Å². The van der Waals surface area contributed by atoms with E-state index in [4.69, 9.17) is 15.7 Å². The molecule has 7 heteroatoms. The first-order valence-electron chi connectivity index (χ1n) is 4.91. The van der Waals surface area contributed by atoms with Crippen LogP contribution in [0.5, 0.6) is 0 Å². The Balaban J connectivity index is 2.08. The quantitative estimate of drug-likeness (QED) is 0.301. The summed E-state index contributed by atoms with van der Waals surface area (Å²) >= 11 is 0. The summed E-state index contributed by atoms with van der Waals surface area (Å²) in [5.41, 5.74) is 5.50. The predicted octanol–water partition coefficient (Wildman–Crippen LogP) is -0.572. The Hall–Kier alpha value is -1.89. The average Bonchev–Trinajstić information content (AvgIpc) is 2.39. The van der Waals surface area contributed by atoms with Crippen molar-refractivity contribution in [3.8, 4) is 0 Å².